The molecule has 0 spiro atoms. The zero-order chi connectivity index (χ0) is 15.1. The highest BCUT2D eigenvalue weighted by atomic mass is 16.5. The van der Waals surface area contributed by atoms with Gasteiger partial charge >= 0.3 is 6.01 Å². The Kier molecular flexibility index (Phi) is 6.44. The molecule has 0 saturated heterocycles. The van der Waals surface area contributed by atoms with Crippen LogP contribution in [0.1, 0.15) is 40.5 Å². The SMILES string of the molecule is CCC(CC)N(CC(C)C)c1nc(NN)nc(OC)n1. The van der Waals surface area contributed by atoms with E-state index in [2.05, 4.69) is 53.0 Å². The monoisotopic (exact) mass is 282 g/mol. The summed E-state index contributed by atoms with van der Waals surface area (Å²) in [5, 5.41) is 0. The maximum absolute atomic E-state index is 5.41. The van der Waals surface area contributed by atoms with Gasteiger partial charge in [-0.25, -0.2) is 5.84 Å². The highest BCUT2D eigenvalue weighted by Crippen LogP contribution is 2.21. The molecule has 0 aliphatic heterocycles. The zero-order valence-corrected chi connectivity index (χ0v) is 13.1. The molecule has 0 aromatic carbocycles. The first-order valence-electron chi connectivity index (χ1n) is 7.08. The lowest BCUT2D eigenvalue weighted by Crippen LogP contribution is -2.39. The van der Waals surface area contributed by atoms with E-state index in [-0.39, 0.29) is 6.01 Å². The average molecular weight is 282 g/mol. The third-order valence-corrected chi connectivity index (χ3v) is 3.12. The Morgan fingerprint density at radius 3 is 2.30 bits per heavy atom. The number of aromatic nitrogens is 3. The van der Waals surface area contributed by atoms with Crippen molar-refractivity contribution in [3.63, 3.8) is 0 Å². The summed E-state index contributed by atoms with van der Waals surface area (Å²) >= 11 is 0. The van der Waals surface area contributed by atoms with E-state index >= 15 is 0 Å². The third kappa shape index (κ3) is 4.19. The van der Waals surface area contributed by atoms with Gasteiger partial charge in [0, 0.05) is 12.6 Å². The number of anilines is 2. The fourth-order valence-corrected chi connectivity index (χ4v) is 2.15. The quantitative estimate of drug-likeness (QED) is 0.555. The number of rotatable bonds is 8. The van der Waals surface area contributed by atoms with Crippen LogP contribution in [-0.4, -0.2) is 34.6 Å². The van der Waals surface area contributed by atoms with Crippen molar-refractivity contribution in [1.82, 2.24) is 15.0 Å². The lowest BCUT2D eigenvalue weighted by Gasteiger charge is -2.32. The number of nitrogens with two attached hydrogens (primary N) is 1. The molecule has 0 aliphatic rings. The summed E-state index contributed by atoms with van der Waals surface area (Å²) in [5.74, 6) is 6.83. The Balaban J connectivity index is 3.17. The number of hydrogen-bond donors (Lipinski definition) is 2. The summed E-state index contributed by atoms with van der Waals surface area (Å²) in [7, 11) is 1.53. The third-order valence-electron chi connectivity index (χ3n) is 3.12. The smallest absolute Gasteiger partial charge is 0.322 e. The summed E-state index contributed by atoms with van der Waals surface area (Å²) in [6, 6.07) is 0.651. The van der Waals surface area contributed by atoms with Crippen LogP contribution in [0.2, 0.25) is 0 Å². The summed E-state index contributed by atoms with van der Waals surface area (Å²) in [4.78, 5) is 15.0. The molecule has 1 aromatic rings. The van der Waals surface area contributed by atoms with Gasteiger partial charge in [-0.3, -0.25) is 5.43 Å². The summed E-state index contributed by atoms with van der Waals surface area (Å²) in [6.45, 7) is 9.57. The number of nitrogens with one attached hydrogen (secondary N) is 1. The van der Waals surface area contributed by atoms with Crippen LogP contribution in [0.15, 0.2) is 0 Å². The largest absolute Gasteiger partial charge is 0.467 e. The first-order valence-corrected chi connectivity index (χ1v) is 7.08. The second-order valence-corrected chi connectivity index (χ2v) is 5.11. The Hall–Kier alpha value is -1.63. The molecule has 0 unspecified atom stereocenters. The number of hydrogen-bond acceptors (Lipinski definition) is 7. The molecule has 1 aromatic heterocycles. The molecule has 0 atom stereocenters. The van der Waals surface area contributed by atoms with E-state index < -0.39 is 0 Å². The van der Waals surface area contributed by atoms with E-state index in [9.17, 15) is 0 Å². The van der Waals surface area contributed by atoms with Gasteiger partial charge in [-0.05, 0) is 18.8 Å². The number of nitrogen functional groups attached to an aromatic ring is 1. The van der Waals surface area contributed by atoms with E-state index in [0.29, 0.717) is 23.9 Å². The van der Waals surface area contributed by atoms with E-state index in [1.54, 1.807) is 0 Å². The van der Waals surface area contributed by atoms with Gasteiger partial charge in [0.1, 0.15) is 0 Å². The van der Waals surface area contributed by atoms with Crippen molar-refractivity contribution in [2.24, 2.45) is 11.8 Å². The van der Waals surface area contributed by atoms with Crippen LogP contribution in [0.25, 0.3) is 0 Å². The fourth-order valence-electron chi connectivity index (χ4n) is 2.15. The predicted molar refractivity (Wildman–Crippen MR) is 80.7 cm³/mol. The van der Waals surface area contributed by atoms with Crippen LogP contribution in [0.4, 0.5) is 11.9 Å². The Morgan fingerprint density at radius 2 is 1.85 bits per heavy atom. The number of methoxy groups -OCH3 is 1. The normalized spacial score (nSPS) is 11.0. The summed E-state index contributed by atoms with van der Waals surface area (Å²) in [6.07, 6.45) is 2.06. The molecule has 114 valence electrons. The Morgan fingerprint density at radius 1 is 1.20 bits per heavy atom. The lowest BCUT2D eigenvalue weighted by atomic mass is 10.1. The predicted octanol–water partition coefficient (Wildman–Crippen LogP) is 1.82. The topological polar surface area (TPSA) is 89.2 Å². The van der Waals surface area contributed by atoms with Gasteiger partial charge in [0.15, 0.2) is 0 Å². The van der Waals surface area contributed by atoms with Gasteiger partial charge in [0.05, 0.1) is 7.11 Å². The van der Waals surface area contributed by atoms with Crippen molar-refractivity contribution in [2.75, 3.05) is 24.0 Å². The first kappa shape index (κ1) is 16.4. The van der Waals surface area contributed by atoms with Crippen molar-refractivity contribution < 1.29 is 4.74 Å². The van der Waals surface area contributed by atoms with Gasteiger partial charge < -0.3 is 9.64 Å². The van der Waals surface area contributed by atoms with Crippen molar-refractivity contribution in [3.05, 3.63) is 0 Å². The van der Waals surface area contributed by atoms with Crippen molar-refractivity contribution >= 4 is 11.9 Å². The van der Waals surface area contributed by atoms with Crippen molar-refractivity contribution in [3.8, 4) is 6.01 Å². The molecular weight excluding hydrogens is 256 g/mol. The van der Waals surface area contributed by atoms with Gasteiger partial charge in [-0.1, -0.05) is 27.7 Å². The highest BCUT2D eigenvalue weighted by molar-refractivity contribution is 5.38. The van der Waals surface area contributed by atoms with Gasteiger partial charge in [-0.15, -0.1) is 0 Å². The van der Waals surface area contributed by atoms with Crippen molar-refractivity contribution in [2.45, 2.75) is 46.6 Å². The Bertz CT molecular complexity index is 386. The maximum atomic E-state index is 5.41. The minimum atomic E-state index is 0.266. The molecule has 20 heavy (non-hydrogen) atoms. The van der Waals surface area contributed by atoms with E-state index in [1.165, 1.54) is 7.11 Å². The average Bonchev–Trinajstić information content (AvgIpc) is 2.46. The van der Waals surface area contributed by atoms with Crippen LogP contribution in [0, 0.1) is 5.92 Å². The second kappa shape index (κ2) is 7.84. The van der Waals surface area contributed by atoms with E-state index in [0.717, 1.165) is 19.4 Å². The minimum absolute atomic E-state index is 0.266. The standard InChI is InChI=1S/C13H26N6O/c1-6-10(7-2)19(8-9(3)4)12-15-11(18-14)16-13(17-12)20-5/h9-10H,6-8,14H2,1-5H3,(H,15,16,17,18). The van der Waals surface area contributed by atoms with E-state index in [4.69, 9.17) is 10.6 Å². The van der Waals surface area contributed by atoms with Crippen molar-refractivity contribution in [1.29, 1.82) is 0 Å². The number of hydrazine groups is 1. The molecule has 0 bridgehead atoms. The molecule has 0 amide bonds. The molecule has 0 radical (unpaired) electrons. The first-order chi connectivity index (χ1) is 9.55. The zero-order valence-electron chi connectivity index (χ0n) is 13.1. The Labute approximate surface area is 120 Å². The number of ether oxygens (including phenoxy) is 1. The maximum Gasteiger partial charge on any atom is 0.322 e. The molecule has 0 fully saturated rings. The molecule has 7 nitrogen and oxygen atoms in total. The number of nitrogens with zero attached hydrogens (tertiary/aromatic N) is 4. The molecule has 0 aliphatic carbocycles. The van der Waals surface area contributed by atoms with Crippen LogP contribution in [0.3, 0.4) is 0 Å². The molecule has 7 heteroatoms. The summed E-state index contributed by atoms with van der Waals surface area (Å²) in [5.41, 5.74) is 2.46. The van der Waals surface area contributed by atoms with Crippen LogP contribution in [0.5, 0.6) is 6.01 Å². The molecule has 1 heterocycles. The van der Waals surface area contributed by atoms with Crippen LogP contribution in [-0.2, 0) is 0 Å². The fraction of sp³-hybridized carbons (Fsp3) is 0.769. The second-order valence-electron chi connectivity index (χ2n) is 5.11. The molecule has 0 saturated carbocycles. The van der Waals surface area contributed by atoms with E-state index in [1.807, 2.05) is 0 Å². The highest BCUT2D eigenvalue weighted by Gasteiger charge is 2.21. The van der Waals surface area contributed by atoms with Gasteiger partial charge in [0.2, 0.25) is 11.9 Å². The van der Waals surface area contributed by atoms with Gasteiger partial charge in [-0.2, -0.15) is 15.0 Å². The summed E-state index contributed by atoms with van der Waals surface area (Å²) < 4.78 is 5.12. The van der Waals surface area contributed by atoms with Crippen LogP contribution < -0.4 is 20.9 Å². The minimum Gasteiger partial charge on any atom is -0.467 e. The lowest BCUT2D eigenvalue weighted by molar-refractivity contribution is 0.377. The molecule has 1 rings (SSSR count). The van der Waals surface area contributed by atoms with Gasteiger partial charge in [0.25, 0.3) is 0 Å². The molecular formula is C13H26N6O. The van der Waals surface area contributed by atoms with Crippen LogP contribution >= 0.6 is 0 Å². The molecule has 3 N–H and O–H groups in total.